The number of furan rings is 1. The van der Waals surface area contributed by atoms with Crippen molar-refractivity contribution in [3.8, 4) is 0 Å². The van der Waals surface area contributed by atoms with Crippen molar-refractivity contribution in [2.45, 2.75) is 44.1 Å². The van der Waals surface area contributed by atoms with Crippen LogP contribution in [-0.4, -0.2) is 50.8 Å². The third kappa shape index (κ3) is 5.39. The molecule has 1 aliphatic rings. The van der Waals surface area contributed by atoms with Gasteiger partial charge in [-0.1, -0.05) is 44.2 Å². The lowest BCUT2D eigenvalue weighted by molar-refractivity contribution is -0.126. The van der Waals surface area contributed by atoms with Crippen molar-refractivity contribution in [1.29, 1.82) is 0 Å². The Morgan fingerprint density at radius 1 is 1.12 bits per heavy atom. The number of benzene rings is 1. The Bertz CT molecular complexity index is 1040. The van der Waals surface area contributed by atoms with E-state index >= 15 is 0 Å². The molecule has 1 N–H and O–H groups in total. The molecule has 0 bridgehead atoms. The summed E-state index contributed by atoms with van der Waals surface area (Å²) in [7, 11) is -3.88. The van der Waals surface area contributed by atoms with E-state index in [9.17, 15) is 18.0 Å². The maximum atomic E-state index is 12.9. The van der Waals surface area contributed by atoms with E-state index in [1.807, 2.05) is 30.3 Å². The number of nitrogens with zero attached hydrogens (tertiary/aromatic N) is 1. The Morgan fingerprint density at radius 3 is 2.41 bits per heavy atom. The first kappa shape index (κ1) is 24.0. The van der Waals surface area contributed by atoms with Crippen LogP contribution in [0.5, 0.6) is 0 Å². The number of ether oxygens (including phenoxy) is 1. The highest BCUT2D eigenvalue weighted by molar-refractivity contribution is 7.89. The zero-order valence-electron chi connectivity index (χ0n) is 18.7. The molecule has 1 saturated heterocycles. The fourth-order valence-corrected chi connectivity index (χ4v) is 5.08. The highest BCUT2D eigenvalue weighted by atomic mass is 32.2. The van der Waals surface area contributed by atoms with E-state index in [0.29, 0.717) is 19.4 Å². The van der Waals surface area contributed by atoms with Crippen molar-refractivity contribution in [2.75, 3.05) is 26.2 Å². The third-order valence-electron chi connectivity index (χ3n) is 5.74. The summed E-state index contributed by atoms with van der Waals surface area (Å²) in [6.07, 6.45) is 0.838. The van der Waals surface area contributed by atoms with Crippen LogP contribution in [0.1, 0.15) is 49.7 Å². The SMILES string of the molecule is CCOC(=O)c1ccc(S(=O)(=O)N2CCC(C(=O)NCC(C)(C)c3ccccc3)CC2)o1. The number of sulfonamides is 1. The van der Waals surface area contributed by atoms with Gasteiger partial charge in [-0.25, -0.2) is 13.2 Å². The van der Waals surface area contributed by atoms with Gasteiger partial charge in [-0.2, -0.15) is 4.31 Å². The van der Waals surface area contributed by atoms with Crippen LogP contribution in [0.4, 0.5) is 0 Å². The van der Waals surface area contributed by atoms with Crippen LogP contribution in [-0.2, 0) is 25.0 Å². The van der Waals surface area contributed by atoms with Crippen molar-refractivity contribution >= 4 is 21.9 Å². The van der Waals surface area contributed by atoms with Crippen molar-refractivity contribution < 1.29 is 27.2 Å². The molecule has 174 valence electrons. The normalized spacial score (nSPS) is 16.0. The number of amides is 1. The molecule has 8 nitrogen and oxygen atoms in total. The van der Waals surface area contributed by atoms with E-state index in [1.165, 1.54) is 16.4 Å². The second-order valence-electron chi connectivity index (χ2n) is 8.49. The summed E-state index contributed by atoms with van der Waals surface area (Å²) in [5.41, 5.74) is 0.929. The highest BCUT2D eigenvalue weighted by Crippen LogP contribution is 2.26. The molecular formula is C23H30N2O6S. The minimum absolute atomic E-state index is 0.0614. The van der Waals surface area contributed by atoms with E-state index < -0.39 is 16.0 Å². The molecule has 0 aliphatic carbocycles. The van der Waals surface area contributed by atoms with Gasteiger partial charge < -0.3 is 14.5 Å². The van der Waals surface area contributed by atoms with E-state index in [4.69, 9.17) is 9.15 Å². The van der Waals surface area contributed by atoms with Crippen molar-refractivity contribution in [2.24, 2.45) is 5.92 Å². The van der Waals surface area contributed by atoms with Crippen molar-refractivity contribution in [3.63, 3.8) is 0 Å². The summed E-state index contributed by atoms with van der Waals surface area (Å²) in [5, 5.41) is 2.73. The highest BCUT2D eigenvalue weighted by Gasteiger charge is 2.34. The van der Waals surface area contributed by atoms with Crippen LogP contribution in [0.15, 0.2) is 52.0 Å². The van der Waals surface area contributed by atoms with Crippen LogP contribution < -0.4 is 5.32 Å². The number of esters is 1. The topological polar surface area (TPSA) is 106 Å². The van der Waals surface area contributed by atoms with E-state index in [-0.39, 0.29) is 47.8 Å². The molecule has 32 heavy (non-hydrogen) atoms. The molecular weight excluding hydrogens is 432 g/mol. The van der Waals surface area contributed by atoms with Crippen LogP contribution in [0.3, 0.4) is 0 Å². The monoisotopic (exact) mass is 462 g/mol. The number of carbonyl (C=O) groups is 2. The maximum absolute atomic E-state index is 12.9. The van der Waals surface area contributed by atoms with Crippen LogP contribution in [0, 0.1) is 5.92 Å². The molecule has 1 aliphatic heterocycles. The second-order valence-corrected chi connectivity index (χ2v) is 10.4. The Labute approximate surface area is 189 Å². The lowest BCUT2D eigenvalue weighted by Crippen LogP contribution is -2.45. The molecule has 1 aromatic carbocycles. The Hall–Kier alpha value is -2.65. The fourth-order valence-electron chi connectivity index (χ4n) is 3.70. The zero-order chi connectivity index (χ0) is 23.4. The van der Waals surface area contributed by atoms with Gasteiger partial charge in [0.05, 0.1) is 6.61 Å². The molecule has 0 unspecified atom stereocenters. The number of hydrogen-bond acceptors (Lipinski definition) is 6. The average molecular weight is 463 g/mol. The third-order valence-corrected chi connectivity index (χ3v) is 7.51. The molecule has 3 rings (SSSR count). The fraction of sp³-hybridized carbons (Fsp3) is 0.478. The van der Waals surface area contributed by atoms with Gasteiger partial charge >= 0.3 is 5.97 Å². The number of hydrogen-bond donors (Lipinski definition) is 1. The molecule has 1 amide bonds. The van der Waals surface area contributed by atoms with Crippen LogP contribution in [0.25, 0.3) is 0 Å². The van der Waals surface area contributed by atoms with Gasteiger partial charge in [0.25, 0.3) is 10.0 Å². The average Bonchev–Trinajstić information content (AvgIpc) is 3.30. The number of nitrogens with one attached hydrogen (secondary N) is 1. The predicted octanol–water partition coefficient (Wildman–Crippen LogP) is 2.95. The number of carbonyl (C=O) groups excluding carboxylic acids is 2. The molecule has 0 saturated carbocycles. The largest absolute Gasteiger partial charge is 0.460 e. The smallest absolute Gasteiger partial charge is 0.374 e. The standard InChI is InChI=1S/C23H30N2O6S/c1-4-30-22(27)19-10-11-20(31-19)32(28,29)25-14-12-17(13-15-25)21(26)24-16-23(2,3)18-8-6-5-7-9-18/h5-11,17H,4,12-16H2,1-3H3,(H,24,26). The molecule has 0 spiro atoms. The predicted molar refractivity (Wildman–Crippen MR) is 119 cm³/mol. The molecule has 1 fully saturated rings. The Balaban J connectivity index is 1.55. The first-order chi connectivity index (χ1) is 15.1. The lowest BCUT2D eigenvalue weighted by atomic mass is 9.84. The van der Waals surface area contributed by atoms with Crippen LogP contribution >= 0.6 is 0 Å². The van der Waals surface area contributed by atoms with Gasteiger partial charge in [0.2, 0.25) is 16.8 Å². The quantitative estimate of drug-likeness (QED) is 0.605. The number of piperidine rings is 1. The van der Waals surface area contributed by atoms with Gasteiger partial charge in [0.15, 0.2) is 0 Å². The summed E-state index contributed by atoms with van der Waals surface area (Å²) < 4.78 is 37.0. The van der Waals surface area contributed by atoms with Crippen molar-refractivity contribution in [3.05, 3.63) is 53.8 Å². The summed E-state index contributed by atoms with van der Waals surface area (Å²) in [5.74, 6) is -1.17. The Morgan fingerprint density at radius 2 is 1.78 bits per heavy atom. The minimum Gasteiger partial charge on any atom is -0.460 e. The maximum Gasteiger partial charge on any atom is 0.374 e. The minimum atomic E-state index is -3.88. The summed E-state index contributed by atoms with van der Waals surface area (Å²) >= 11 is 0. The first-order valence-corrected chi connectivity index (χ1v) is 12.2. The van der Waals surface area contributed by atoms with Gasteiger partial charge in [-0.3, -0.25) is 4.79 Å². The van der Waals surface area contributed by atoms with Gasteiger partial charge in [0.1, 0.15) is 0 Å². The summed E-state index contributed by atoms with van der Waals surface area (Å²) in [4.78, 5) is 24.4. The van der Waals surface area contributed by atoms with Gasteiger partial charge in [-0.05, 0) is 37.5 Å². The Kier molecular flexibility index (Phi) is 7.40. The van der Waals surface area contributed by atoms with E-state index in [2.05, 4.69) is 19.2 Å². The molecule has 1 aromatic heterocycles. The first-order valence-electron chi connectivity index (χ1n) is 10.8. The van der Waals surface area contributed by atoms with Gasteiger partial charge in [0, 0.05) is 31.0 Å². The number of rotatable bonds is 8. The summed E-state index contributed by atoms with van der Waals surface area (Å²) in [6, 6.07) is 12.5. The van der Waals surface area contributed by atoms with E-state index in [1.54, 1.807) is 6.92 Å². The van der Waals surface area contributed by atoms with E-state index in [0.717, 1.165) is 5.56 Å². The molecule has 2 heterocycles. The lowest BCUT2D eigenvalue weighted by Gasteiger charge is -2.31. The molecule has 0 radical (unpaired) electrons. The van der Waals surface area contributed by atoms with Crippen molar-refractivity contribution in [1.82, 2.24) is 9.62 Å². The summed E-state index contributed by atoms with van der Waals surface area (Å²) in [6.45, 7) is 6.88. The molecule has 0 atom stereocenters. The second kappa shape index (κ2) is 9.87. The van der Waals surface area contributed by atoms with Crippen LogP contribution in [0.2, 0.25) is 0 Å². The van der Waals surface area contributed by atoms with Gasteiger partial charge in [-0.15, -0.1) is 0 Å². The molecule has 9 heteroatoms. The molecule has 2 aromatic rings. The zero-order valence-corrected chi connectivity index (χ0v) is 19.5.